The molecule has 0 aliphatic heterocycles. The maximum absolute atomic E-state index is 7.75. The summed E-state index contributed by atoms with van der Waals surface area (Å²) in [5.74, 6) is 1.21. The van der Waals surface area contributed by atoms with Crippen LogP contribution in [0.5, 0.6) is 11.6 Å². The predicted octanol–water partition coefficient (Wildman–Crippen LogP) is 5.83. The highest BCUT2D eigenvalue weighted by Crippen LogP contribution is 2.35. The van der Waals surface area contributed by atoms with Gasteiger partial charge in [-0.2, -0.15) is 0 Å². The van der Waals surface area contributed by atoms with E-state index in [1.807, 2.05) is 79.7 Å². The lowest BCUT2D eigenvalue weighted by Crippen LogP contribution is -2.17. The molecule has 0 fully saturated rings. The van der Waals surface area contributed by atoms with E-state index in [0.29, 0.717) is 16.5 Å². The first-order valence-electron chi connectivity index (χ1n) is 10.2. The minimum atomic E-state index is -0.376. The summed E-state index contributed by atoms with van der Waals surface area (Å²) in [5, 5.41) is 13.6. The van der Waals surface area contributed by atoms with Gasteiger partial charge >= 0.3 is 0 Å². The van der Waals surface area contributed by atoms with E-state index in [9.17, 15) is 0 Å². The number of nitrogens with zero attached hydrogens (tertiary/aromatic N) is 1. The molecule has 0 bridgehead atoms. The summed E-state index contributed by atoms with van der Waals surface area (Å²) in [6.07, 6.45) is -0.376. The van der Waals surface area contributed by atoms with Gasteiger partial charge in [-0.25, -0.2) is 0 Å². The van der Waals surface area contributed by atoms with Gasteiger partial charge in [0.15, 0.2) is 11.7 Å². The largest absolute Gasteiger partial charge is 0.481 e. The Kier molecular flexibility index (Phi) is 5.25. The van der Waals surface area contributed by atoms with Crippen molar-refractivity contribution in [2.45, 2.75) is 13.0 Å². The zero-order valence-corrected chi connectivity index (χ0v) is 18.2. The molecule has 1 unspecified atom stereocenters. The third-order valence-corrected chi connectivity index (χ3v) is 6.39. The van der Waals surface area contributed by atoms with Crippen LogP contribution in [0.15, 0.2) is 77.3 Å². The van der Waals surface area contributed by atoms with Crippen LogP contribution in [0.25, 0.3) is 21.1 Å². The van der Waals surface area contributed by atoms with Crippen LogP contribution in [0.4, 0.5) is 0 Å². The van der Waals surface area contributed by atoms with Crippen molar-refractivity contribution in [1.82, 2.24) is 5.16 Å². The van der Waals surface area contributed by atoms with Crippen molar-refractivity contribution >= 4 is 38.2 Å². The summed E-state index contributed by atoms with van der Waals surface area (Å²) in [7, 11) is 0. The lowest BCUT2D eigenvalue weighted by Gasteiger charge is -2.20. The third-order valence-electron chi connectivity index (χ3n) is 5.26. The lowest BCUT2D eigenvalue weighted by atomic mass is 10.1. The lowest BCUT2D eigenvalue weighted by molar-refractivity contribution is 0.126. The van der Waals surface area contributed by atoms with Gasteiger partial charge in [0.1, 0.15) is 18.2 Å². The topological polar surface area (TPSA) is 94.4 Å². The van der Waals surface area contributed by atoms with Crippen molar-refractivity contribution in [2.75, 3.05) is 6.61 Å². The van der Waals surface area contributed by atoms with Crippen LogP contribution >= 0.6 is 11.3 Å². The molecule has 2 heterocycles. The molecule has 0 radical (unpaired) electrons. The van der Waals surface area contributed by atoms with Gasteiger partial charge in [-0.1, -0.05) is 48.5 Å². The maximum Gasteiger partial charge on any atom is 0.262 e. The Balaban J connectivity index is 1.46. The zero-order chi connectivity index (χ0) is 22.1. The molecular formula is C25H21N3O3S. The first-order valence-corrected chi connectivity index (χ1v) is 11.0. The van der Waals surface area contributed by atoms with Crippen LogP contribution in [0.3, 0.4) is 0 Å². The van der Waals surface area contributed by atoms with Gasteiger partial charge in [0.2, 0.25) is 0 Å². The van der Waals surface area contributed by atoms with E-state index >= 15 is 0 Å². The van der Waals surface area contributed by atoms with Gasteiger partial charge in [0, 0.05) is 10.1 Å². The number of para-hydroxylation sites is 1. The van der Waals surface area contributed by atoms with Crippen molar-refractivity contribution in [1.29, 1.82) is 5.41 Å². The van der Waals surface area contributed by atoms with E-state index in [-0.39, 0.29) is 18.5 Å². The smallest absolute Gasteiger partial charge is 0.262 e. The van der Waals surface area contributed by atoms with E-state index in [1.165, 1.54) is 11.3 Å². The fraction of sp³-hybridized carbons (Fsp3) is 0.120. The molecule has 0 aliphatic carbocycles. The minimum absolute atomic E-state index is 0.0493. The van der Waals surface area contributed by atoms with Crippen LogP contribution in [-0.2, 0) is 0 Å². The van der Waals surface area contributed by atoms with Crippen LogP contribution < -0.4 is 15.2 Å². The minimum Gasteiger partial charge on any atom is -0.481 e. The van der Waals surface area contributed by atoms with Gasteiger partial charge in [-0.15, -0.1) is 11.3 Å². The Labute approximate surface area is 188 Å². The molecule has 0 spiro atoms. The van der Waals surface area contributed by atoms with E-state index in [2.05, 4.69) is 5.16 Å². The number of benzene rings is 3. The number of rotatable bonds is 7. The molecule has 3 aromatic carbocycles. The van der Waals surface area contributed by atoms with E-state index in [1.54, 1.807) is 0 Å². The fourth-order valence-corrected chi connectivity index (χ4v) is 4.57. The number of nitrogens with two attached hydrogens (primary N) is 1. The quantitative estimate of drug-likeness (QED) is 0.244. The molecule has 3 N–H and O–H groups in total. The molecule has 32 heavy (non-hydrogen) atoms. The van der Waals surface area contributed by atoms with E-state index in [4.69, 9.17) is 25.1 Å². The number of thiophene rings is 1. The summed E-state index contributed by atoms with van der Waals surface area (Å²) >= 11 is 1.47. The van der Waals surface area contributed by atoms with Crippen molar-refractivity contribution < 1.29 is 14.0 Å². The normalized spacial score (nSPS) is 12.2. The Morgan fingerprint density at radius 1 is 1.06 bits per heavy atom. The molecule has 2 aromatic heterocycles. The van der Waals surface area contributed by atoms with Crippen molar-refractivity contribution in [3.05, 3.63) is 88.8 Å². The molecule has 5 aromatic rings. The molecule has 0 aliphatic rings. The number of aromatic nitrogens is 1. The van der Waals surface area contributed by atoms with Crippen molar-refractivity contribution in [3.8, 4) is 11.6 Å². The molecule has 0 saturated carbocycles. The highest BCUT2D eigenvalue weighted by molar-refractivity contribution is 7.20. The number of aryl methyl sites for hydroxylation is 1. The SMILES string of the molecule is Cc1cccc2c(OCC(Oc3cccc4sc(C(=N)N)cc34)c3ccccc3)noc12. The van der Waals surface area contributed by atoms with Gasteiger partial charge in [0.05, 0.1) is 10.3 Å². The van der Waals surface area contributed by atoms with E-state index < -0.39 is 0 Å². The second-order valence-electron chi connectivity index (χ2n) is 7.46. The van der Waals surface area contributed by atoms with E-state index in [0.717, 1.165) is 32.2 Å². The Morgan fingerprint density at radius 3 is 2.69 bits per heavy atom. The summed E-state index contributed by atoms with van der Waals surface area (Å²) in [4.78, 5) is 0.716. The maximum atomic E-state index is 7.75. The van der Waals surface area contributed by atoms with Crippen LogP contribution in [-0.4, -0.2) is 17.6 Å². The number of nitrogen functional groups attached to an aromatic ring is 1. The van der Waals surface area contributed by atoms with Crippen molar-refractivity contribution in [3.63, 3.8) is 0 Å². The first kappa shape index (κ1) is 20.1. The number of hydrogen-bond donors (Lipinski definition) is 2. The first-order chi connectivity index (χ1) is 15.6. The molecule has 160 valence electrons. The standard InChI is InChI=1S/C25H21N3O3S/c1-15-7-5-10-17-23(15)31-28-25(17)29-14-20(16-8-3-2-4-9-16)30-19-11-6-12-21-18(19)13-22(32-21)24(26)27/h2-13,20H,14H2,1H3,(H3,26,27). The average molecular weight is 444 g/mol. The number of fused-ring (bicyclic) bond motifs is 2. The Hall–Kier alpha value is -3.84. The van der Waals surface area contributed by atoms with Gasteiger partial charge in [0.25, 0.3) is 5.88 Å². The summed E-state index contributed by atoms with van der Waals surface area (Å²) < 4.78 is 19.0. The second-order valence-corrected chi connectivity index (χ2v) is 8.54. The number of nitrogens with one attached hydrogen (secondary N) is 1. The Bertz CT molecular complexity index is 1410. The Morgan fingerprint density at radius 2 is 1.88 bits per heavy atom. The second kappa shape index (κ2) is 8.36. The zero-order valence-electron chi connectivity index (χ0n) is 17.4. The predicted molar refractivity (Wildman–Crippen MR) is 127 cm³/mol. The van der Waals surface area contributed by atoms with Gasteiger partial charge in [-0.3, -0.25) is 5.41 Å². The number of hydrogen-bond acceptors (Lipinski definition) is 6. The molecule has 0 amide bonds. The summed E-state index contributed by atoms with van der Waals surface area (Å²) in [6, 6.07) is 23.5. The van der Waals surface area contributed by atoms with Gasteiger partial charge < -0.3 is 19.7 Å². The molecule has 6 nitrogen and oxygen atoms in total. The number of amidine groups is 1. The molecule has 5 rings (SSSR count). The summed E-state index contributed by atoms with van der Waals surface area (Å²) in [5.41, 5.74) is 8.40. The average Bonchev–Trinajstić information content (AvgIpc) is 3.43. The number of ether oxygens (including phenoxy) is 2. The fourth-order valence-electron chi connectivity index (χ4n) is 3.63. The van der Waals surface area contributed by atoms with Crippen LogP contribution in [0, 0.1) is 12.3 Å². The molecular weight excluding hydrogens is 422 g/mol. The molecule has 1 atom stereocenters. The monoisotopic (exact) mass is 443 g/mol. The highest BCUT2D eigenvalue weighted by Gasteiger charge is 2.19. The van der Waals surface area contributed by atoms with Crippen molar-refractivity contribution in [2.24, 2.45) is 5.73 Å². The van der Waals surface area contributed by atoms with Gasteiger partial charge in [-0.05, 0) is 47.5 Å². The third kappa shape index (κ3) is 3.78. The summed E-state index contributed by atoms with van der Waals surface area (Å²) in [6.45, 7) is 2.23. The van der Waals surface area contributed by atoms with Crippen LogP contribution in [0.2, 0.25) is 0 Å². The highest BCUT2D eigenvalue weighted by atomic mass is 32.1. The molecule has 7 heteroatoms. The van der Waals surface area contributed by atoms with Crippen LogP contribution in [0.1, 0.15) is 22.1 Å². The molecule has 0 saturated heterocycles.